The van der Waals surface area contributed by atoms with Gasteiger partial charge in [0.15, 0.2) is 0 Å². The van der Waals surface area contributed by atoms with Gasteiger partial charge >= 0.3 is 5.97 Å². The molecule has 0 N–H and O–H groups in total. The quantitative estimate of drug-likeness (QED) is 0.764. The summed E-state index contributed by atoms with van der Waals surface area (Å²) in [6.07, 6.45) is 2.24. The van der Waals surface area contributed by atoms with Crippen LogP contribution in [0.4, 0.5) is 0 Å². The second-order valence-electron chi connectivity index (χ2n) is 3.17. The molecule has 13 heavy (non-hydrogen) atoms. The van der Waals surface area contributed by atoms with Gasteiger partial charge in [0, 0.05) is 0 Å². The largest absolute Gasteiger partial charge is 0.458 e. The van der Waals surface area contributed by atoms with E-state index >= 15 is 0 Å². The highest BCUT2D eigenvalue weighted by molar-refractivity contribution is 9.11. The molecule has 1 fully saturated rings. The number of ether oxygens (including phenoxy) is 1. The van der Waals surface area contributed by atoms with Gasteiger partial charge in [-0.05, 0) is 47.3 Å². The maximum atomic E-state index is 11.4. The Kier molecular flexibility index (Phi) is 2.43. The van der Waals surface area contributed by atoms with Gasteiger partial charge in [-0.25, -0.2) is 4.79 Å². The van der Waals surface area contributed by atoms with Crippen LogP contribution in [0.1, 0.15) is 28.1 Å². The third-order valence-corrected chi connectivity index (χ3v) is 3.97. The van der Waals surface area contributed by atoms with Crippen LogP contribution in [-0.2, 0) is 4.74 Å². The molecule has 1 aromatic rings. The maximum Gasteiger partial charge on any atom is 0.348 e. The molecule has 0 aromatic carbocycles. The van der Waals surface area contributed by atoms with Gasteiger partial charge in [-0.1, -0.05) is 0 Å². The van der Waals surface area contributed by atoms with Crippen LogP contribution in [0.15, 0.2) is 9.85 Å². The Morgan fingerprint density at radius 2 is 2.38 bits per heavy atom. The van der Waals surface area contributed by atoms with E-state index < -0.39 is 0 Å². The summed E-state index contributed by atoms with van der Waals surface area (Å²) in [5, 5.41) is 0. The minimum Gasteiger partial charge on any atom is -0.458 e. The highest BCUT2D eigenvalue weighted by Gasteiger charge is 2.27. The molecule has 1 aliphatic rings. The van der Waals surface area contributed by atoms with Crippen molar-refractivity contribution in [1.82, 2.24) is 0 Å². The molecule has 70 valence electrons. The predicted octanol–water partition coefficient (Wildman–Crippen LogP) is 3.14. The fourth-order valence-corrected chi connectivity index (χ4v) is 2.37. The van der Waals surface area contributed by atoms with E-state index in [1.54, 1.807) is 0 Å². The molecule has 1 heterocycles. The summed E-state index contributed by atoms with van der Waals surface area (Å²) in [7, 11) is 0. The monoisotopic (exact) mass is 260 g/mol. The van der Waals surface area contributed by atoms with Crippen molar-refractivity contribution in [3.8, 4) is 0 Å². The maximum absolute atomic E-state index is 11.4. The molecule has 0 spiro atoms. The molecule has 1 aliphatic carbocycles. The number of thiophene rings is 1. The third kappa shape index (κ3) is 2.11. The average Bonchev–Trinajstić information content (AvgIpc) is 2.81. The van der Waals surface area contributed by atoms with Crippen LogP contribution >= 0.6 is 27.3 Å². The summed E-state index contributed by atoms with van der Waals surface area (Å²) in [6, 6.07) is 1.86. The summed E-state index contributed by atoms with van der Waals surface area (Å²) < 4.78 is 6.18. The van der Waals surface area contributed by atoms with Crippen LogP contribution in [0.5, 0.6) is 0 Å². The Labute approximate surface area is 89.0 Å². The van der Waals surface area contributed by atoms with Gasteiger partial charge in [0.25, 0.3) is 0 Å². The van der Waals surface area contributed by atoms with Crippen LogP contribution in [0.2, 0.25) is 0 Å². The number of carbonyl (C=O) groups is 1. The molecule has 0 unspecified atom stereocenters. The first-order valence-corrected chi connectivity index (χ1v) is 5.74. The van der Waals surface area contributed by atoms with E-state index in [2.05, 4.69) is 15.9 Å². The minimum absolute atomic E-state index is 0.179. The highest BCUT2D eigenvalue weighted by atomic mass is 79.9. The lowest BCUT2D eigenvalue weighted by Crippen LogP contribution is -2.04. The second-order valence-corrected chi connectivity index (χ2v) is 5.54. The topological polar surface area (TPSA) is 26.3 Å². The molecule has 1 aromatic heterocycles. The highest BCUT2D eigenvalue weighted by Crippen LogP contribution is 2.30. The van der Waals surface area contributed by atoms with E-state index in [1.807, 2.05) is 13.0 Å². The average molecular weight is 261 g/mol. The zero-order chi connectivity index (χ0) is 9.42. The van der Waals surface area contributed by atoms with Crippen LogP contribution in [0, 0.1) is 6.92 Å². The number of hydrogen-bond acceptors (Lipinski definition) is 3. The standard InChI is InChI=1S/C9H9BrO2S/c1-5-4-7(13-8(5)10)9(11)12-6-2-3-6/h4,6H,2-3H2,1H3. The zero-order valence-corrected chi connectivity index (χ0v) is 9.57. The third-order valence-electron chi connectivity index (χ3n) is 1.86. The van der Waals surface area contributed by atoms with Crippen molar-refractivity contribution in [2.24, 2.45) is 0 Å². The van der Waals surface area contributed by atoms with Crippen LogP contribution < -0.4 is 0 Å². The van der Waals surface area contributed by atoms with Crippen molar-refractivity contribution >= 4 is 33.2 Å². The van der Waals surface area contributed by atoms with Crippen molar-refractivity contribution < 1.29 is 9.53 Å². The van der Waals surface area contributed by atoms with Gasteiger partial charge in [-0.2, -0.15) is 0 Å². The molecule has 4 heteroatoms. The van der Waals surface area contributed by atoms with Crippen molar-refractivity contribution in [2.45, 2.75) is 25.9 Å². The van der Waals surface area contributed by atoms with E-state index in [-0.39, 0.29) is 12.1 Å². The van der Waals surface area contributed by atoms with Gasteiger partial charge < -0.3 is 4.74 Å². The molecule has 0 radical (unpaired) electrons. The lowest BCUT2D eigenvalue weighted by atomic mass is 10.3. The van der Waals surface area contributed by atoms with Gasteiger partial charge in [0.1, 0.15) is 11.0 Å². The Hall–Kier alpha value is -0.350. The van der Waals surface area contributed by atoms with E-state index in [1.165, 1.54) is 11.3 Å². The first-order valence-electron chi connectivity index (χ1n) is 4.14. The first kappa shape index (κ1) is 9.21. The summed E-state index contributed by atoms with van der Waals surface area (Å²) >= 11 is 4.81. The van der Waals surface area contributed by atoms with Gasteiger partial charge in [-0.15, -0.1) is 11.3 Å². The number of aryl methyl sites for hydroxylation is 1. The molecular formula is C9H9BrO2S. The lowest BCUT2D eigenvalue weighted by molar-refractivity contribution is 0.0478. The summed E-state index contributed by atoms with van der Waals surface area (Å²) in [5.74, 6) is -0.179. The van der Waals surface area contributed by atoms with Crippen LogP contribution in [-0.4, -0.2) is 12.1 Å². The fraction of sp³-hybridized carbons (Fsp3) is 0.444. The van der Waals surface area contributed by atoms with E-state index in [0.29, 0.717) is 4.88 Å². The van der Waals surface area contributed by atoms with Gasteiger partial charge in [0.05, 0.1) is 3.79 Å². The molecular weight excluding hydrogens is 252 g/mol. The smallest absolute Gasteiger partial charge is 0.348 e. The summed E-state index contributed by atoms with van der Waals surface area (Å²) in [6.45, 7) is 1.97. The van der Waals surface area contributed by atoms with E-state index in [9.17, 15) is 4.79 Å². The molecule has 0 aliphatic heterocycles. The SMILES string of the molecule is Cc1cc(C(=O)OC2CC2)sc1Br. The van der Waals surface area contributed by atoms with E-state index in [0.717, 1.165) is 22.2 Å². The number of halogens is 1. The summed E-state index contributed by atoms with van der Waals surface area (Å²) in [4.78, 5) is 12.1. The minimum atomic E-state index is -0.179. The second kappa shape index (κ2) is 3.42. The Bertz CT molecular complexity index is 322. The number of hydrogen-bond donors (Lipinski definition) is 0. The first-order chi connectivity index (χ1) is 6.16. The van der Waals surface area contributed by atoms with Crippen molar-refractivity contribution in [1.29, 1.82) is 0 Å². The molecule has 2 rings (SSSR count). The van der Waals surface area contributed by atoms with Crippen LogP contribution in [0.3, 0.4) is 0 Å². The summed E-state index contributed by atoms with van der Waals surface area (Å²) in [5.41, 5.74) is 1.09. The number of esters is 1. The molecule has 0 atom stereocenters. The fourth-order valence-electron chi connectivity index (χ4n) is 0.956. The molecule has 2 nitrogen and oxygen atoms in total. The van der Waals surface area contributed by atoms with Crippen molar-refractivity contribution in [3.63, 3.8) is 0 Å². The van der Waals surface area contributed by atoms with Crippen molar-refractivity contribution in [3.05, 3.63) is 20.3 Å². The van der Waals surface area contributed by atoms with Crippen LogP contribution in [0.25, 0.3) is 0 Å². The van der Waals surface area contributed by atoms with E-state index in [4.69, 9.17) is 4.74 Å². The molecule has 0 saturated heterocycles. The zero-order valence-electron chi connectivity index (χ0n) is 7.17. The lowest BCUT2D eigenvalue weighted by Gasteiger charge is -1.97. The number of carbonyl (C=O) groups excluding carboxylic acids is 1. The molecule has 0 amide bonds. The molecule has 1 saturated carbocycles. The van der Waals surface area contributed by atoms with Gasteiger partial charge in [0.2, 0.25) is 0 Å². The normalized spacial score (nSPS) is 15.8. The van der Waals surface area contributed by atoms with Gasteiger partial charge in [-0.3, -0.25) is 0 Å². The Morgan fingerprint density at radius 3 is 2.85 bits per heavy atom. The predicted molar refractivity (Wildman–Crippen MR) is 55.2 cm³/mol. The van der Waals surface area contributed by atoms with Crippen molar-refractivity contribution in [2.75, 3.05) is 0 Å². The Balaban J connectivity index is 2.09. The number of rotatable bonds is 2. The molecule has 0 bridgehead atoms. The Morgan fingerprint density at radius 1 is 1.69 bits per heavy atom.